The van der Waals surface area contributed by atoms with Crippen molar-refractivity contribution in [3.8, 4) is 5.69 Å². The van der Waals surface area contributed by atoms with Crippen LogP contribution in [0.5, 0.6) is 0 Å². The van der Waals surface area contributed by atoms with Gasteiger partial charge in [-0.1, -0.05) is 17.7 Å². The van der Waals surface area contributed by atoms with Gasteiger partial charge in [-0.05, 0) is 54.7 Å². The molecule has 0 radical (unpaired) electrons. The quantitative estimate of drug-likeness (QED) is 0.671. The number of aliphatic hydroxyl groups is 1. The van der Waals surface area contributed by atoms with Crippen LogP contribution in [0.15, 0.2) is 48.9 Å². The van der Waals surface area contributed by atoms with Gasteiger partial charge >= 0.3 is 0 Å². The molecule has 4 rings (SSSR count). The molecule has 8 heteroatoms. The normalized spacial score (nSPS) is 18.7. The van der Waals surface area contributed by atoms with E-state index in [9.17, 15) is 14.3 Å². The first-order valence-corrected chi connectivity index (χ1v) is 9.81. The first-order valence-electron chi connectivity index (χ1n) is 9.43. The fraction of sp³-hybridized carbons (Fsp3) is 0.286. The zero-order chi connectivity index (χ0) is 20.4. The Bertz CT molecular complexity index is 1030. The topological polar surface area (TPSA) is 80.0 Å². The van der Waals surface area contributed by atoms with Crippen LogP contribution >= 0.6 is 11.6 Å². The molecule has 150 valence electrons. The molecule has 2 heterocycles. The number of aromatic nitrogens is 3. The average molecular weight is 415 g/mol. The van der Waals surface area contributed by atoms with Gasteiger partial charge in [0.25, 0.3) is 5.91 Å². The summed E-state index contributed by atoms with van der Waals surface area (Å²) in [6, 6.07) is 7.93. The summed E-state index contributed by atoms with van der Waals surface area (Å²) in [6.45, 7) is 0. The molecule has 0 saturated heterocycles. The summed E-state index contributed by atoms with van der Waals surface area (Å²) in [5.74, 6) is -0.755. The van der Waals surface area contributed by atoms with Gasteiger partial charge in [-0.2, -0.15) is 5.10 Å². The number of benzene rings is 1. The van der Waals surface area contributed by atoms with E-state index in [0.29, 0.717) is 28.3 Å². The lowest BCUT2D eigenvalue weighted by Crippen LogP contribution is -2.40. The SMILES string of the molecule is O=C(N[C@H]1CCC[C@@H]1O)c1cc(Cc2ccc(-n3cccn3)cc2F)c(Cl)cn1. The highest BCUT2D eigenvalue weighted by molar-refractivity contribution is 6.31. The van der Waals surface area contributed by atoms with Crippen LogP contribution in [-0.4, -0.2) is 37.9 Å². The van der Waals surface area contributed by atoms with Crippen molar-refractivity contribution in [2.24, 2.45) is 0 Å². The molecule has 1 aliphatic rings. The Balaban J connectivity index is 1.53. The highest BCUT2D eigenvalue weighted by atomic mass is 35.5. The molecule has 1 fully saturated rings. The van der Waals surface area contributed by atoms with E-state index >= 15 is 0 Å². The Labute approximate surface area is 172 Å². The zero-order valence-electron chi connectivity index (χ0n) is 15.6. The molecule has 3 aromatic rings. The third-order valence-corrected chi connectivity index (χ3v) is 5.49. The van der Waals surface area contributed by atoms with Crippen molar-refractivity contribution in [2.45, 2.75) is 37.8 Å². The van der Waals surface area contributed by atoms with E-state index in [-0.39, 0.29) is 29.9 Å². The molecule has 1 saturated carbocycles. The Hall–Kier alpha value is -2.77. The van der Waals surface area contributed by atoms with Gasteiger partial charge in [-0.15, -0.1) is 0 Å². The predicted molar refractivity (Wildman–Crippen MR) is 107 cm³/mol. The molecule has 1 amide bonds. The monoisotopic (exact) mass is 414 g/mol. The number of pyridine rings is 1. The van der Waals surface area contributed by atoms with E-state index in [1.165, 1.54) is 12.3 Å². The minimum absolute atomic E-state index is 0.192. The highest BCUT2D eigenvalue weighted by Crippen LogP contribution is 2.23. The van der Waals surface area contributed by atoms with Crippen LogP contribution in [-0.2, 0) is 6.42 Å². The predicted octanol–water partition coefficient (Wildman–Crippen LogP) is 3.29. The first-order chi connectivity index (χ1) is 14.0. The summed E-state index contributed by atoms with van der Waals surface area (Å²) >= 11 is 6.24. The van der Waals surface area contributed by atoms with Gasteiger partial charge < -0.3 is 10.4 Å². The summed E-state index contributed by atoms with van der Waals surface area (Å²) < 4.78 is 16.2. The molecule has 0 aliphatic heterocycles. The van der Waals surface area contributed by atoms with E-state index in [1.54, 1.807) is 41.3 Å². The number of carbonyl (C=O) groups is 1. The van der Waals surface area contributed by atoms with Gasteiger partial charge in [0, 0.05) is 25.0 Å². The number of hydrogen-bond acceptors (Lipinski definition) is 4. The van der Waals surface area contributed by atoms with Gasteiger partial charge in [0.1, 0.15) is 11.5 Å². The minimum atomic E-state index is -0.534. The first kappa shape index (κ1) is 19.5. The second-order valence-corrected chi connectivity index (χ2v) is 7.55. The van der Waals surface area contributed by atoms with Crippen molar-refractivity contribution in [3.05, 3.63) is 76.6 Å². The number of aliphatic hydroxyl groups excluding tert-OH is 1. The van der Waals surface area contributed by atoms with Crippen LogP contribution in [0.1, 0.15) is 40.9 Å². The van der Waals surface area contributed by atoms with Crippen LogP contribution in [0.25, 0.3) is 5.69 Å². The Kier molecular flexibility index (Phi) is 5.60. The largest absolute Gasteiger partial charge is 0.391 e. The standard InChI is InChI=1S/C21H20ClFN4O2/c22-16-12-24-19(21(29)26-18-3-1-4-20(18)28)10-14(16)9-13-5-6-15(11-17(13)23)27-8-2-7-25-27/h2,5-8,10-12,18,20,28H,1,3-4,9H2,(H,26,29)/t18-,20-/m0/s1. The lowest BCUT2D eigenvalue weighted by molar-refractivity contribution is 0.0868. The fourth-order valence-electron chi connectivity index (χ4n) is 3.54. The third kappa shape index (κ3) is 4.31. The molecule has 2 atom stereocenters. The zero-order valence-corrected chi connectivity index (χ0v) is 16.3. The Morgan fingerprint density at radius 1 is 1.31 bits per heavy atom. The lowest BCUT2D eigenvalue weighted by Gasteiger charge is -2.16. The number of hydrogen-bond donors (Lipinski definition) is 2. The molecule has 29 heavy (non-hydrogen) atoms. The Morgan fingerprint density at radius 3 is 2.86 bits per heavy atom. The maximum absolute atomic E-state index is 14.6. The maximum Gasteiger partial charge on any atom is 0.270 e. The Morgan fingerprint density at radius 2 is 2.17 bits per heavy atom. The number of halogens is 2. The van der Waals surface area contributed by atoms with Crippen molar-refractivity contribution in [2.75, 3.05) is 0 Å². The number of amides is 1. The molecular weight excluding hydrogens is 395 g/mol. The smallest absolute Gasteiger partial charge is 0.270 e. The van der Waals surface area contributed by atoms with Gasteiger partial charge in [0.15, 0.2) is 0 Å². The van der Waals surface area contributed by atoms with Crippen molar-refractivity contribution in [3.63, 3.8) is 0 Å². The lowest BCUT2D eigenvalue weighted by atomic mass is 10.0. The second kappa shape index (κ2) is 8.31. The molecule has 2 aromatic heterocycles. The summed E-state index contributed by atoms with van der Waals surface area (Å²) in [5.41, 5.74) is 1.86. The minimum Gasteiger partial charge on any atom is -0.391 e. The van der Waals surface area contributed by atoms with Gasteiger partial charge in [-0.3, -0.25) is 4.79 Å². The number of nitrogens with zero attached hydrogens (tertiary/aromatic N) is 3. The number of carbonyl (C=O) groups excluding carboxylic acids is 1. The van der Waals surface area contributed by atoms with E-state index in [0.717, 1.165) is 12.8 Å². The molecule has 2 N–H and O–H groups in total. The molecule has 0 unspecified atom stereocenters. The van der Waals surface area contributed by atoms with E-state index in [1.807, 2.05) is 0 Å². The molecule has 0 spiro atoms. The summed E-state index contributed by atoms with van der Waals surface area (Å²) in [6.07, 6.45) is 6.73. The molecule has 1 aromatic carbocycles. The van der Waals surface area contributed by atoms with Crippen molar-refractivity contribution in [1.82, 2.24) is 20.1 Å². The van der Waals surface area contributed by atoms with Crippen LogP contribution in [0.2, 0.25) is 5.02 Å². The summed E-state index contributed by atoms with van der Waals surface area (Å²) in [7, 11) is 0. The van der Waals surface area contributed by atoms with Crippen molar-refractivity contribution >= 4 is 17.5 Å². The molecule has 1 aliphatic carbocycles. The van der Waals surface area contributed by atoms with Gasteiger partial charge in [-0.25, -0.2) is 14.1 Å². The van der Waals surface area contributed by atoms with Crippen molar-refractivity contribution < 1.29 is 14.3 Å². The van der Waals surface area contributed by atoms with E-state index in [4.69, 9.17) is 11.6 Å². The average Bonchev–Trinajstić information content (AvgIpc) is 3.37. The van der Waals surface area contributed by atoms with Crippen LogP contribution in [0.3, 0.4) is 0 Å². The van der Waals surface area contributed by atoms with E-state index in [2.05, 4.69) is 15.4 Å². The number of nitrogens with one attached hydrogen (secondary N) is 1. The molecule has 0 bridgehead atoms. The van der Waals surface area contributed by atoms with Crippen LogP contribution < -0.4 is 5.32 Å². The van der Waals surface area contributed by atoms with Gasteiger partial charge in [0.2, 0.25) is 0 Å². The van der Waals surface area contributed by atoms with Crippen LogP contribution in [0, 0.1) is 5.82 Å². The summed E-state index contributed by atoms with van der Waals surface area (Å²) in [4.78, 5) is 16.6. The molecule has 6 nitrogen and oxygen atoms in total. The van der Waals surface area contributed by atoms with Crippen molar-refractivity contribution in [1.29, 1.82) is 0 Å². The maximum atomic E-state index is 14.6. The van der Waals surface area contributed by atoms with Crippen LogP contribution in [0.4, 0.5) is 4.39 Å². The second-order valence-electron chi connectivity index (χ2n) is 7.14. The van der Waals surface area contributed by atoms with E-state index < -0.39 is 6.10 Å². The fourth-order valence-corrected chi connectivity index (χ4v) is 3.71. The summed E-state index contributed by atoms with van der Waals surface area (Å²) in [5, 5.41) is 17.2. The number of rotatable bonds is 5. The third-order valence-electron chi connectivity index (χ3n) is 5.15. The van der Waals surface area contributed by atoms with Gasteiger partial charge in [0.05, 0.1) is 22.9 Å². The highest BCUT2D eigenvalue weighted by Gasteiger charge is 2.27. The molecular formula is C21H20ClFN4O2.